The third-order valence-electron chi connectivity index (χ3n) is 4.92. The normalized spacial score (nSPS) is 10.7. The number of thiophene rings is 1. The van der Waals surface area contributed by atoms with Crippen LogP contribution in [0.25, 0.3) is 10.2 Å². The van der Waals surface area contributed by atoms with Crippen molar-refractivity contribution in [3.8, 4) is 0 Å². The van der Waals surface area contributed by atoms with Crippen molar-refractivity contribution in [1.29, 1.82) is 0 Å². The number of rotatable bonds is 9. The summed E-state index contributed by atoms with van der Waals surface area (Å²) in [6.07, 6.45) is 1.62. The summed E-state index contributed by atoms with van der Waals surface area (Å²) in [5.74, 6) is -0.561. The van der Waals surface area contributed by atoms with Gasteiger partial charge in [0.15, 0.2) is 5.16 Å². The first-order chi connectivity index (χ1) is 16.6. The standard InChI is InChI=1S/C25H22N4O3S2/c1-2-13-29-24(32)22-20(12-14-33-22)28-25(29)34-16-21(30)27-19-11-7-6-10-18(19)23(31)26-15-17-8-4-3-5-9-17/h2-12,14H,1,13,15-16H2,(H,26,31)(H,27,30). The molecule has 2 aromatic heterocycles. The van der Waals surface area contributed by atoms with Gasteiger partial charge in [-0.15, -0.1) is 17.9 Å². The number of hydrogen-bond donors (Lipinski definition) is 2. The highest BCUT2D eigenvalue weighted by Crippen LogP contribution is 2.22. The minimum atomic E-state index is -0.307. The molecule has 0 saturated heterocycles. The molecule has 2 heterocycles. The molecule has 0 aliphatic carbocycles. The van der Waals surface area contributed by atoms with Crippen LogP contribution < -0.4 is 16.2 Å². The molecule has 0 unspecified atom stereocenters. The molecule has 0 radical (unpaired) electrons. The van der Waals surface area contributed by atoms with E-state index < -0.39 is 0 Å². The summed E-state index contributed by atoms with van der Waals surface area (Å²) < 4.78 is 2.08. The smallest absolute Gasteiger partial charge is 0.272 e. The zero-order valence-electron chi connectivity index (χ0n) is 18.2. The van der Waals surface area contributed by atoms with Gasteiger partial charge in [0.2, 0.25) is 5.91 Å². The van der Waals surface area contributed by atoms with Crippen molar-refractivity contribution in [2.75, 3.05) is 11.1 Å². The molecule has 0 spiro atoms. The lowest BCUT2D eigenvalue weighted by molar-refractivity contribution is -0.113. The van der Waals surface area contributed by atoms with Gasteiger partial charge in [-0.2, -0.15) is 0 Å². The van der Waals surface area contributed by atoms with E-state index in [1.165, 1.54) is 15.9 Å². The second-order valence-corrected chi connectivity index (χ2v) is 9.14. The number of hydrogen-bond acceptors (Lipinski definition) is 6. The van der Waals surface area contributed by atoms with Gasteiger partial charge in [-0.05, 0) is 29.1 Å². The molecule has 0 aliphatic heterocycles. The van der Waals surface area contributed by atoms with E-state index in [0.717, 1.165) is 17.3 Å². The highest BCUT2D eigenvalue weighted by Gasteiger charge is 2.16. The molecular weight excluding hydrogens is 468 g/mol. The Balaban J connectivity index is 1.44. The van der Waals surface area contributed by atoms with Crippen molar-refractivity contribution in [1.82, 2.24) is 14.9 Å². The fraction of sp³-hybridized carbons (Fsp3) is 0.120. The van der Waals surface area contributed by atoms with Crippen LogP contribution in [-0.4, -0.2) is 27.1 Å². The van der Waals surface area contributed by atoms with Crippen LogP contribution in [-0.2, 0) is 17.9 Å². The summed E-state index contributed by atoms with van der Waals surface area (Å²) in [5.41, 5.74) is 2.23. The number of aromatic nitrogens is 2. The van der Waals surface area contributed by atoms with Crippen molar-refractivity contribution >= 4 is 50.8 Å². The largest absolute Gasteiger partial charge is 0.348 e. The summed E-state index contributed by atoms with van der Waals surface area (Å²) in [4.78, 5) is 42.7. The Bertz CT molecular complexity index is 1400. The molecule has 0 saturated carbocycles. The molecule has 0 fully saturated rings. The predicted molar refractivity (Wildman–Crippen MR) is 137 cm³/mol. The van der Waals surface area contributed by atoms with E-state index in [1.54, 1.807) is 36.4 Å². The molecule has 2 N–H and O–H groups in total. The predicted octanol–water partition coefficient (Wildman–Crippen LogP) is 4.30. The topological polar surface area (TPSA) is 93.1 Å². The monoisotopic (exact) mass is 490 g/mol. The highest BCUT2D eigenvalue weighted by molar-refractivity contribution is 7.99. The summed E-state index contributed by atoms with van der Waals surface area (Å²) in [5, 5.41) is 7.94. The van der Waals surface area contributed by atoms with Gasteiger partial charge in [-0.25, -0.2) is 4.98 Å². The van der Waals surface area contributed by atoms with Crippen LogP contribution in [0.1, 0.15) is 15.9 Å². The molecule has 7 nitrogen and oxygen atoms in total. The van der Waals surface area contributed by atoms with Crippen molar-refractivity contribution in [2.45, 2.75) is 18.2 Å². The van der Waals surface area contributed by atoms with Crippen molar-refractivity contribution < 1.29 is 9.59 Å². The number of carbonyl (C=O) groups is 2. The van der Waals surface area contributed by atoms with Crippen molar-refractivity contribution in [3.05, 3.63) is 100 Å². The molecule has 172 valence electrons. The number of thioether (sulfide) groups is 1. The lowest BCUT2D eigenvalue weighted by atomic mass is 10.1. The quantitative estimate of drug-likeness (QED) is 0.207. The van der Waals surface area contributed by atoms with Gasteiger partial charge in [-0.3, -0.25) is 19.0 Å². The summed E-state index contributed by atoms with van der Waals surface area (Å²) in [6, 6.07) is 18.2. The SMILES string of the molecule is C=CCn1c(SCC(=O)Nc2ccccc2C(=O)NCc2ccccc2)nc2ccsc2c1=O. The minimum Gasteiger partial charge on any atom is -0.348 e. The first-order valence-corrected chi connectivity index (χ1v) is 12.4. The van der Waals surface area contributed by atoms with Crippen LogP contribution in [0, 0.1) is 0 Å². The molecule has 2 amide bonds. The van der Waals surface area contributed by atoms with Crippen LogP contribution in [0.15, 0.2) is 88.6 Å². The molecule has 9 heteroatoms. The second-order valence-electron chi connectivity index (χ2n) is 7.28. The number of anilines is 1. The van der Waals surface area contributed by atoms with E-state index in [1.807, 2.05) is 35.7 Å². The number of carbonyl (C=O) groups excluding carboxylic acids is 2. The lowest BCUT2D eigenvalue weighted by Gasteiger charge is -2.12. The third kappa shape index (κ3) is 5.44. The number of benzene rings is 2. The maximum Gasteiger partial charge on any atom is 0.272 e. The molecule has 4 aromatic rings. The fourth-order valence-electron chi connectivity index (χ4n) is 3.30. The average Bonchev–Trinajstić information content (AvgIpc) is 3.33. The lowest BCUT2D eigenvalue weighted by Crippen LogP contribution is -2.25. The van der Waals surface area contributed by atoms with E-state index in [4.69, 9.17) is 0 Å². The summed E-state index contributed by atoms with van der Waals surface area (Å²) >= 11 is 2.50. The Kier molecular flexibility index (Phi) is 7.56. The molecule has 34 heavy (non-hydrogen) atoms. The number of nitrogens with one attached hydrogen (secondary N) is 2. The zero-order chi connectivity index (χ0) is 23.9. The van der Waals surface area contributed by atoms with Crippen LogP contribution in [0.2, 0.25) is 0 Å². The number of amides is 2. The van der Waals surface area contributed by atoms with Gasteiger partial charge >= 0.3 is 0 Å². The maximum absolute atomic E-state index is 12.7. The Morgan fingerprint density at radius 2 is 1.85 bits per heavy atom. The van der Waals surface area contributed by atoms with Crippen LogP contribution in [0.4, 0.5) is 5.69 Å². The third-order valence-corrected chi connectivity index (χ3v) is 6.78. The minimum absolute atomic E-state index is 0.0270. The van der Waals surface area contributed by atoms with Gasteiger partial charge in [0, 0.05) is 13.1 Å². The van der Waals surface area contributed by atoms with Crippen molar-refractivity contribution in [2.24, 2.45) is 0 Å². The van der Waals surface area contributed by atoms with E-state index in [0.29, 0.717) is 39.7 Å². The molecule has 2 aromatic carbocycles. The molecule has 4 rings (SSSR count). The number of nitrogens with zero attached hydrogens (tertiary/aromatic N) is 2. The summed E-state index contributed by atoms with van der Waals surface area (Å²) in [6.45, 7) is 4.39. The van der Waals surface area contributed by atoms with E-state index >= 15 is 0 Å². The van der Waals surface area contributed by atoms with Gasteiger partial charge in [0.25, 0.3) is 11.5 Å². The average molecular weight is 491 g/mol. The molecule has 0 atom stereocenters. The van der Waals surface area contributed by atoms with E-state index in [2.05, 4.69) is 22.2 Å². The van der Waals surface area contributed by atoms with Crippen LogP contribution in [0.5, 0.6) is 0 Å². The first-order valence-electron chi connectivity index (χ1n) is 10.5. The Morgan fingerprint density at radius 3 is 2.65 bits per heavy atom. The Labute approximate surface area is 204 Å². The fourth-order valence-corrected chi connectivity index (χ4v) is 4.89. The molecular formula is C25H22N4O3S2. The van der Waals surface area contributed by atoms with Crippen molar-refractivity contribution in [3.63, 3.8) is 0 Å². The van der Waals surface area contributed by atoms with Gasteiger partial charge in [0.1, 0.15) is 4.70 Å². The molecule has 0 aliphatic rings. The van der Waals surface area contributed by atoms with E-state index in [9.17, 15) is 14.4 Å². The number of para-hydroxylation sites is 1. The first kappa shape index (κ1) is 23.5. The van der Waals surface area contributed by atoms with Gasteiger partial charge in [0.05, 0.1) is 22.5 Å². The van der Waals surface area contributed by atoms with Crippen LogP contribution >= 0.6 is 23.1 Å². The highest BCUT2D eigenvalue weighted by atomic mass is 32.2. The Morgan fingerprint density at radius 1 is 1.09 bits per heavy atom. The van der Waals surface area contributed by atoms with Crippen LogP contribution in [0.3, 0.4) is 0 Å². The molecule has 0 bridgehead atoms. The number of fused-ring (bicyclic) bond motifs is 1. The second kappa shape index (κ2) is 11.0. The van der Waals surface area contributed by atoms with E-state index in [-0.39, 0.29) is 23.1 Å². The number of allylic oxidation sites excluding steroid dienone is 1. The summed E-state index contributed by atoms with van der Waals surface area (Å²) in [7, 11) is 0. The maximum atomic E-state index is 12.7. The Hall–Kier alpha value is -3.69. The van der Waals surface area contributed by atoms with Gasteiger partial charge < -0.3 is 10.6 Å². The zero-order valence-corrected chi connectivity index (χ0v) is 19.8. The van der Waals surface area contributed by atoms with Gasteiger partial charge in [-0.1, -0.05) is 60.3 Å².